The fraction of sp³-hybridized carbons (Fsp3) is 0.667. The molecule has 1 amide bonds. The zero-order valence-electron chi connectivity index (χ0n) is 12.0. The third-order valence-corrected chi connectivity index (χ3v) is 3.98. The standard InChI is InChI=1S/C12H20N6OS/c1-7(10(19)14-8-4-5-8)20-6-9-15-11(13)17-12(16-9)18(2)3/h7-8H,4-6H2,1-3H3,(H,14,19)(H2,13,15,16,17). The second kappa shape index (κ2) is 6.25. The van der Waals surface area contributed by atoms with Crippen LogP contribution in [0.15, 0.2) is 0 Å². The first-order valence-corrected chi connectivity index (χ1v) is 7.60. The molecule has 8 heteroatoms. The quantitative estimate of drug-likeness (QED) is 0.785. The van der Waals surface area contributed by atoms with Crippen LogP contribution in [0, 0.1) is 0 Å². The molecule has 0 radical (unpaired) electrons. The molecular weight excluding hydrogens is 276 g/mol. The van der Waals surface area contributed by atoms with Gasteiger partial charge < -0.3 is 16.0 Å². The molecule has 1 saturated carbocycles. The van der Waals surface area contributed by atoms with Crippen molar-refractivity contribution < 1.29 is 4.79 Å². The highest BCUT2D eigenvalue weighted by Crippen LogP contribution is 2.21. The van der Waals surface area contributed by atoms with Crippen LogP contribution in [0.25, 0.3) is 0 Å². The number of rotatable bonds is 6. The third kappa shape index (κ3) is 4.22. The molecule has 7 nitrogen and oxygen atoms in total. The Balaban J connectivity index is 1.90. The van der Waals surface area contributed by atoms with Crippen LogP contribution in [0.2, 0.25) is 0 Å². The second-order valence-corrected chi connectivity index (χ2v) is 6.37. The lowest BCUT2D eigenvalue weighted by Crippen LogP contribution is -2.32. The van der Waals surface area contributed by atoms with E-state index < -0.39 is 0 Å². The van der Waals surface area contributed by atoms with Gasteiger partial charge in [0, 0.05) is 20.1 Å². The van der Waals surface area contributed by atoms with Crippen LogP contribution in [0.5, 0.6) is 0 Å². The highest BCUT2D eigenvalue weighted by Gasteiger charge is 2.25. The van der Waals surface area contributed by atoms with E-state index in [1.807, 2.05) is 21.0 Å². The number of nitrogens with one attached hydrogen (secondary N) is 1. The number of hydrogen-bond acceptors (Lipinski definition) is 7. The van der Waals surface area contributed by atoms with Crippen LogP contribution in [-0.4, -0.2) is 46.2 Å². The third-order valence-electron chi connectivity index (χ3n) is 2.84. The maximum absolute atomic E-state index is 11.8. The topological polar surface area (TPSA) is 97.0 Å². The average Bonchev–Trinajstić information content (AvgIpc) is 3.19. The first kappa shape index (κ1) is 14.8. The molecule has 1 aromatic heterocycles. The van der Waals surface area contributed by atoms with Crippen molar-refractivity contribution in [1.29, 1.82) is 0 Å². The summed E-state index contributed by atoms with van der Waals surface area (Å²) in [6.45, 7) is 1.89. The average molecular weight is 296 g/mol. The minimum atomic E-state index is -0.128. The van der Waals surface area contributed by atoms with E-state index in [1.54, 1.807) is 4.90 Å². The van der Waals surface area contributed by atoms with E-state index in [9.17, 15) is 4.79 Å². The van der Waals surface area contributed by atoms with Gasteiger partial charge >= 0.3 is 0 Å². The summed E-state index contributed by atoms with van der Waals surface area (Å²) in [7, 11) is 3.69. The summed E-state index contributed by atoms with van der Waals surface area (Å²) >= 11 is 1.50. The van der Waals surface area contributed by atoms with E-state index >= 15 is 0 Å². The van der Waals surface area contributed by atoms with Crippen molar-refractivity contribution >= 4 is 29.6 Å². The van der Waals surface area contributed by atoms with E-state index in [4.69, 9.17) is 5.73 Å². The number of nitrogen functional groups attached to an aromatic ring is 1. The number of nitrogens with zero attached hydrogens (tertiary/aromatic N) is 4. The van der Waals surface area contributed by atoms with Crippen LogP contribution < -0.4 is 16.0 Å². The Hall–Kier alpha value is -1.57. The van der Waals surface area contributed by atoms with Gasteiger partial charge in [-0.3, -0.25) is 4.79 Å². The molecule has 110 valence electrons. The lowest BCUT2D eigenvalue weighted by Gasteiger charge is -2.13. The molecule has 1 unspecified atom stereocenters. The zero-order valence-corrected chi connectivity index (χ0v) is 12.8. The molecule has 2 rings (SSSR count). The maximum atomic E-state index is 11.8. The van der Waals surface area contributed by atoms with Gasteiger partial charge in [0.25, 0.3) is 0 Å². The number of nitrogens with two attached hydrogens (primary N) is 1. The Kier molecular flexibility index (Phi) is 4.64. The molecule has 1 aliphatic carbocycles. The summed E-state index contributed by atoms with van der Waals surface area (Å²) in [6, 6.07) is 0.388. The Labute approximate surface area is 122 Å². The van der Waals surface area contributed by atoms with Crippen molar-refractivity contribution in [2.75, 3.05) is 24.7 Å². The highest BCUT2D eigenvalue weighted by molar-refractivity contribution is 7.99. The molecular formula is C12H20N6OS. The van der Waals surface area contributed by atoms with Gasteiger partial charge in [0.05, 0.1) is 11.0 Å². The van der Waals surface area contributed by atoms with Crippen molar-refractivity contribution in [3.8, 4) is 0 Å². The monoisotopic (exact) mass is 296 g/mol. The molecule has 0 spiro atoms. The number of anilines is 2. The van der Waals surface area contributed by atoms with Gasteiger partial charge in [-0.05, 0) is 19.8 Å². The molecule has 1 fully saturated rings. The number of carbonyl (C=O) groups is 1. The maximum Gasteiger partial charge on any atom is 0.233 e. The van der Waals surface area contributed by atoms with Gasteiger partial charge in [-0.15, -0.1) is 11.8 Å². The van der Waals surface area contributed by atoms with Crippen molar-refractivity contribution in [2.45, 2.75) is 36.8 Å². The van der Waals surface area contributed by atoms with Gasteiger partial charge in [0.2, 0.25) is 17.8 Å². The van der Waals surface area contributed by atoms with Gasteiger partial charge in [0.1, 0.15) is 5.82 Å². The lowest BCUT2D eigenvalue weighted by molar-refractivity contribution is -0.120. The molecule has 20 heavy (non-hydrogen) atoms. The molecule has 1 aliphatic rings. The summed E-state index contributed by atoms with van der Waals surface area (Å²) in [5, 5.41) is 2.86. The Morgan fingerprint density at radius 3 is 2.75 bits per heavy atom. The van der Waals surface area contributed by atoms with E-state index in [-0.39, 0.29) is 17.1 Å². The molecule has 0 saturated heterocycles. The van der Waals surface area contributed by atoms with Crippen molar-refractivity contribution in [1.82, 2.24) is 20.3 Å². The van der Waals surface area contributed by atoms with Crippen LogP contribution in [0.4, 0.5) is 11.9 Å². The van der Waals surface area contributed by atoms with Gasteiger partial charge in [0.15, 0.2) is 0 Å². The number of carbonyl (C=O) groups excluding carboxylic acids is 1. The smallest absolute Gasteiger partial charge is 0.233 e. The molecule has 1 heterocycles. The SMILES string of the molecule is CC(SCc1nc(N)nc(N(C)C)n1)C(=O)NC1CC1. The molecule has 0 aromatic carbocycles. The van der Waals surface area contributed by atoms with Gasteiger partial charge in [-0.2, -0.15) is 15.0 Å². The number of amides is 1. The normalized spacial score (nSPS) is 15.8. The second-order valence-electron chi connectivity index (χ2n) is 5.04. The van der Waals surface area contributed by atoms with Gasteiger partial charge in [-0.1, -0.05) is 0 Å². The molecule has 3 N–H and O–H groups in total. The first-order valence-electron chi connectivity index (χ1n) is 6.55. The summed E-state index contributed by atoms with van der Waals surface area (Å²) in [6.07, 6.45) is 2.19. The molecule has 0 bridgehead atoms. The highest BCUT2D eigenvalue weighted by atomic mass is 32.2. The number of thioether (sulfide) groups is 1. The number of hydrogen-bond donors (Lipinski definition) is 2. The van der Waals surface area contributed by atoms with Crippen LogP contribution in [-0.2, 0) is 10.5 Å². The molecule has 1 atom stereocenters. The Morgan fingerprint density at radius 2 is 2.15 bits per heavy atom. The Bertz CT molecular complexity index is 491. The fourth-order valence-corrected chi connectivity index (χ4v) is 2.26. The zero-order chi connectivity index (χ0) is 14.7. The predicted molar refractivity (Wildman–Crippen MR) is 80.5 cm³/mol. The van der Waals surface area contributed by atoms with Crippen LogP contribution in [0.1, 0.15) is 25.6 Å². The largest absolute Gasteiger partial charge is 0.368 e. The fourth-order valence-electron chi connectivity index (χ4n) is 1.51. The van der Waals surface area contributed by atoms with E-state index in [2.05, 4.69) is 20.3 Å². The number of aromatic nitrogens is 3. The summed E-state index contributed by atoms with van der Waals surface area (Å²) in [5.74, 6) is 1.94. The molecule has 0 aliphatic heterocycles. The van der Waals surface area contributed by atoms with E-state index in [1.165, 1.54) is 11.8 Å². The summed E-state index contributed by atoms with van der Waals surface area (Å²) < 4.78 is 0. The first-order chi connectivity index (χ1) is 9.45. The van der Waals surface area contributed by atoms with Crippen LogP contribution in [0.3, 0.4) is 0 Å². The minimum Gasteiger partial charge on any atom is -0.368 e. The van der Waals surface area contributed by atoms with Crippen molar-refractivity contribution in [3.63, 3.8) is 0 Å². The predicted octanol–water partition coefficient (Wildman–Crippen LogP) is 0.420. The van der Waals surface area contributed by atoms with Gasteiger partial charge in [-0.25, -0.2) is 0 Å². The van der Waals surface area contributed by atoms with Crippen LogP contribution >= 0.6 is 11.8 Å². The molecule has 1 aromatic rings. The summed E-state index contributed by atoms with van der Waals surface area (Å²) in [5.41, 5.74) is 5.66. The van der Waals surface area contributed by atoms with E-state index in [0.717, 1.165) is 12.8 Å². The summed E-state index contributed by atoms with van der Waals surface area (Å²) in [4.78, 5) is 26.1. The minimum absolute atomic E-state index is 0.0763. The van der Waals surface area contributed by atoms with E-state index in [0.29, 0.717) is 23.6 Å². The van der Waals surface area contributed by atoms with Crippen molar-refractivity contribution in [3.05, 3.63) is 5.82 Å². The van der Waals surface area contributed by atoms with Crippen molar-refractivity contribution in [2.24, 2.45) is 0 Å². The Morgan fingerprint density at radius 1 is 1.45 bits per heavy atom. The lowest BCUT2D eigenvalue weighted by atomic mass is 10.4.